The van der Waals surface area contributed by atoms with E-state index in [9.17, 15) is 0 Å². The fourth-order valence-electron chi connectivity index (χ4n) is 11.4. The minimum absolute atomic E-state index is 0.0976. The van der Waals surface area contributed by atoms with E-state index >= 15 is 17.6 Å². The van der Waals surface area contributed by atoms with Crippen molar-refractivity contribution in [2.75, 3.05) is 16.5 Å². The van der Waals surface area contributed by atoms with E-state index in [0.717, 1.165) is 89.9 Å². The van der Waals surface area contributed by atoms with E-state index < -0.39 is 28.7 Å². The average Bonchev–Trinajstić information content (AvgIpc) is 4.27. The Kier molecular flexibility index (Phi) is 11.4. The standard InChI is InChI=1S/C68H53F4N5O/c1-67(2,3)43-25-26-73-65(33-43)77-61-20-12-9-17-55(61)56-24-23-51(39-64(56)77)78-52-37-49(36-50(38-52)76-59-18-10-7-15-53(59)54-16-8-11-19-60(54)76)74-40-75(63-22-14-13-21-62(63)74)66-57(41-27-45(69)34-46(70)28-41)31-44(68(4,5)6)32-58(66)42-29-47(71)35-48(72)30-42/h7-39H,40H2,1-6H3. The van der Waals surface area contributed by atoms with Crippen molar-refractivity contribution in [1.29, 1.82) is 0 Å². The number of hydrogen-bond acceptors (Lipinski definition) is 4. The maximum Gasteiger partial charge on any atom is 0.137 e. The van der Waals surface area contributed by atoms with Crippen molar-refractivity contribution >= 4 is 66.4 Å². The summed E-state index contributed by atoms with van der Waals surface area (Å²) < 4.78 is 73.4. The molecule has 0 saturated heterocycles. The fourth-order valence-corrected chi connectivity index (χ4v) is 11.4. The largest absolute Gasteiger partial charge is 0.457 e. The first-order valence-electron chi connectivity index (χ1n) is 26.1. The van der Waals surface area contributed by atoms with Crippen LogP contribution in [0.5, 0.6) is 11.5 Å². The minimum atomic E-state index is -0.750. The third-order valence-electron chi connectivity index (χ3n) is 15.1. The van der Waals surface area contributed by atoms with Crippen LogP contribution in [0.15, 0.2) is 200 Å². The van der Waals surface area contributed by atoms with Gasteiger partial charge in [-0.15, -0.1) is 0 Å². The fraction of sp³-hybridized carbons (Fsp3) is 0.132. The first-order chi connectivity index (χ1) is 37.5. The second kappa shape index (κ2) is 18.3. The van der Waals surface area contributed by atoms with Crippen molar-refractivity contribution in [1.82, 2.24) is 14.1 Å². The lowest BCUT2D eigenvalue weighted by atomic mass is 9.82. The zero-order chi connectivity index (χ0) is 53.8. The summed E-state index contributed by atoms with van der Waals surface area (Å²) in [6, 6.07) is 60.5. The van der Waals surface area contributed by atoms with Gasteiger partial charge in [-0.1, -0.05) is 108 Å². The molecule has 0 radical (unpaired) electrons. The molecule has 9 aromatic carbocycles. The first-order valence-corrected chi connectivity index (χ1v) is 26.1. The molecule has 12 aromatic rings. The van der Waals surface area contributed by atoms with Crippen LogP contribution in [-0.4, -0.2) is 20.8 Å². The van der Waals surface area contributed by atoms with Gasteiger partial charge in [-0.3, -0.25) is 4.57 Å². The summed E-state index contributed by atoms with van der Waals surface area (Å²) in [7, 11) is 0. The molecular formula is C68H53F4N5O. The van der Waals surface area contributed by atoms with Gasteiger partial charge in [0.1, 0.15) is 47.3 Å². The molecule has 3 aromatic heterocycles. The maximum absolute atomic E-state index is 15.4. The lowest BCUT2D eigenvalue weighted by Crippen LogP contribution is -2.25. The van der Waals surface area contributed by atoms with E-state index in [2.05, 4.69) is 131 Å². The van der Waals surface area contributed by atoms with Crippen LogP contribution < -0.4 is 14.5 Å². The smallest absolute Gasteiger partial charge is 0.137 e. The van der Waals surface area contributed by atoms with Crippen LogP contribution in [0.1, 0.15) is 52.7 Å². The Morgan fingerprint density at radius 1 is 0.410 bits per heavy atom. The van der Waals surface area contributed by atoms with Crippen LogP contribution in [0.25, 0.3) is 77.4 Å². The van der Waals surface area contributed by atoms with Crippen molar-refractivity contribution in [2.24, 2.45) is 0 Å². The van der Waals surface area contributed by atoms with E-state index in [1.807, 2.05) is 93.7 Å². The summed E-state index contributed by atoms with van der Waals surface area (Å²) in [5.74, 6) is -1.01. The normalized spacial score (nSPS) is 12.9. The van der Waals surface area contributed by atoms with E-state index in [0.29, 0.717) is 28.3 Å². The molecule has 0 spiro atoms. The lowest BCUT2D eigenvalue weighted by Gasteiger charge is -2.30. The van der Waals surface area contributed by atoms with Crippen LogP contribution in [0.3, 0.4) is 0 Å². The van der Waals surface area contributed by atoms with Crippen molar-refractivity contribution in [3.05, 3.63) is 235 Å². The van der Waals surface area contributed by atoms with Crippen LogP contribution in [0, 0.1) is 23.3 Å². The molecule has 78 heavy (non-hydrogen) atoms. The lowest BCUT2D eigenvalue weighted by molar-refractivity contribution is 0.483. The maximum atomic E-state index is 15.4. The number of halogens is 4. The predicted octanol–water partition coefficient (Wildman–Crippen LogP) is 18.8. The van der Waals surface area contributed by atoms with Gasteiger partial charge in [0.25, 0.3) is 0 Å². The summed E-state index contributed by atoms with van der Waals surface area (Å²) in [5.41, 5.74) is 10.7. The summed E-state index contributed by atoms with van der Waals surface area (Å²) >= 11 is 0. The highest BCUT2D eigenvalue weighted by molar-refractivity contribution is 6.10. The van der Waals surface area contributed by atoms with Crippen molar-refractivity contribution < 1.29 is 22.3 Å². The number of rotatable bonds is 8. The first kappa shape index (κ1) is 48.5. The Balaban J connectivity index is 1.02. The van der Waals surface area contributed by atoms with Crippen LogP contribution in [-0.2, 0) is 10.8 Å². The molecule has 0 unspecified atom stereocenters. The Morgan fingerprint density at radius 2 is 0.897 bits per heavy atom. The number of hydrogen-bond donors (Lipinski definition) is 0. The van der Waals surface area contributed by atoms with E-state index in [4.69, 9.17) is 9.72 Å². The Hall–Kier alpha value is -9.15. The van der Waals surface area contributed by atoms with Crippen molar-refractivity contribution in [3.8, 4) is 45.3 Å². The quantitative estimate of drug-likeness (QED) is 0.142. The molecule has 0 amide bonds. The molecule has 384 valence electrons. The molecule has 13 rings (SSSR count). The molecule has 0 aliphatic carbocycles. The SMILES string of the molecule is CC(C)(C)c1ccnc(-n2c3ccccc3c3ccc(Oc4cc(N5CN(c6c(-c7cc(F)cc(F)c7)cc(C(C)(C)C)cc6-c6cc(F)cc(F)c6)c6ccccc65)cc(-n5c6ccccc6c6ccccc65)c4)cc32)c1. The highest BCUT2D eigenvalue weighted by Crippen LogP contribution is 2.52. The molecule has 0 atom stereocenters. The van der Waals surface area contributed by atoms with Gasteiger partial charge in [-0.2, -0.15) is 0 Å². The molecule has 4 heterocycles. The van der Waals surface area contributed by atoms with Crippen molar-refractivity contribution in [3.63, 3.8) is 0 Å². The average molecular weight is 1030 g/mol. The second-order valence-electron chi connectivity index (χ2n) is 22.3. The number of pyridine rings is 1. The molecular weight excluding hydrogens is 979 g/mol. The van der Waals surface area contributed by atoms with E-state index in [1.54, 1.807) is 0 Å². The molecule has 1 aliphatic heterocycles. The Labute approximate surface area is 449 Å². The monoisotopic (exact) mass is 1030 g/mol. The third kappa shape index (κ3) is 8.39. The Morgan fingerprint density at radius 3 is 1.45 bits per heavy atom. The number of ether oxygens (including phenoxy) is 1. The van der Waals surface area contributed by atoms with Gasteiger partial charge in [-0.25, -0.2) is 22.5 Å². The Bertz CT molecular complexity index is 4220. The third-order valence-corrected chi connectivity index (χ3v) is 15.1. The van der Waals surface area contributed by atoms with Crippen LogP contribution >= 0.6 is 0 Å². The number of benzene rings is 9. The number of anilines is 4. The van der Waals surface area contributed by atoms with Crippen molar-refractivity contribution in [2.45, 2.75) is 52.4 Å². The van der Waals surface area contributed by atoms with Crippen LogP contribution in [0.2, 0.25) is 0 Å². The summed E-state index contributed by atoms with van der Waals surface area (Å²) in [4.78, 5) is 9.17. The highest BCUT2D eigenvalue weighted by Gasteiger charge is 2.34. The molecule has 0 N–H and O–H groups in total. The number of para-hydroxylation sites is 5. The van der Waals surface area contributed by atoms with Gasteiger partial charge in [-0.05, 0) is 130 Å². The molecule has 6 nitrogen and oxygen atoms in total. The molecule has 0 bridgehead atoms. The van der Waals surface area contributed by atoms with Crippen LogP contribution in [0.4, 0.5) is 40.3 Å². The molecule has 0 saturated carbocycles. The van der Waals surface area contributed by atoms with Gasteiger partial charge >= 0.3 is 0 Å². The van der Waals surface area contributed by atoms with E-state index in [1.165, 1.54) is 29.8 Å². The number of nitrogens with zero attached hydrogens (tertiary/aromatic N) is 5. The van der Waals surface area contributed by atoms with Gasteiger partial charge in [0.2, 0.25) is 0 Å². The van der Waals surface area contributed by atoms with Gasteiger partial charge in [0.05, 0.1) is 44.8 Å². The molecule has 1 aliphatic rings. The predicted molar refractivity (Wildman–Crippen MR) is 310 cm³/mol. The molecule has 10 heteroatoms. The number of aromatic nitrogens is 3. The molecule has 0 fully saturated rings. The summed E-state index contributed by atoms with van der Waals surface area (Å²) in [6.07, 6.45) is 1.88. The highest BCUT2D eigenvalue weighted by atomic mass is 19.1. The van der Waals surface area contributed by atoms with Gasteiger partial charge in [0, 0.05) is 74.9 Å². The summed E-state index contributed by atoms with van der Waals surface area (Å²) in [6.45, 7) is 12.9. The van der Waals surface area contributed by atoms with Gasteiger partial charge < -0.3 is 19.1 Å². The topological polar surface area (TPSA) is 38.5 Å². The zero-order valence-corrected chi connectivity index (χ0v) is 43.9. The summed E-state index contributed by atoms with van der Waals surface area (Å²) in [5, 5.41) is 4.36. The van der Waals surface area contributed by atoms with E-state index in [-0.39, 0.29) is 23.2 Å². The zero-order valence-electron chi connectivity index (χ0n) is 43.9. The minimum Gasteiger partial charge on any atom is -0.457 e. The second-order valence-corrected chi connectivity index (χ2v) is 22.3. The number of fused-ring (bicyclic) bond motifs is 7. The van der Waals surface area contributed by atoms with Gasteiger partial charge in [0.15, 0.2) is 0 Å².